The van der Waals surface area contributed by atoms with Crippen LogP contribution in [-0.2, 0) is 14.8 Å². The van der Waals surface area contributed by atoms with E-state index in [1.807, 2.05) is 44.2 Å². The number of carbonyl (C=O) groups excluding carboxylic acids is 1. The predicted molar refractivity (Wildman–Crippen MR) is 117 cm³/mol. The average molecular weight is 451 g/mol. The van der Waals surface area contributed by atoms with E-state index in [9.17, 15) is 13.2 Å². The minimum Gasteiger partial charge on any atom is -0.492 e. The van der Waals surface area contributed by atoms with Crippen molar-refractivity contribution in [2.75, 3.05) is 19.7 Å². The van der Waals surface area contributed by atoms with Crippen molar-refractivity contribution in [2.45, 2.75) is 37.6 Å². The number of sulfonamides is 1. The quantitative estimate of drug-likeness (QED) is 0.691. The molecular weight excluding hydrogens is 424 g/mol. The summed E-state index contributed by atoms with van der Waals surface area (Å²) in [5, 5.41) is 3.30. The monoisotopic (exact) mass is 450 g/mol. The lowest BCUT2D eigenvalue weighted by Gasteiger charge is -2.31. The Balaban J connectivity index is 1.60. The molecule has 2 aromatic rings. The van der Waals surface area contributed by atoms with Crippen LogP contribution in [0.4, 0.5) is 0 Å². The van der Waals surface area contributed by atoms with Crippen molar-refractivity contribution in [1.82, 2.24) is 9.62 Å². The van der Waals surface area contributed by atoms with Crippen molar-refractivity contribution >= 4 is 27.5 Å². The third kappa shape index (κ3) is 5.14. The molecule has 1 fully saturated rings. The third-order valence-corrected chi connectivity index (χ3v) is 7.51. The summed E-state index contributed by atoms with van der Waals surface area (Å²) in [4.78, 5) is 12.8. The Morgan fingerprint density at radius 2 is 1.87 bits per heavy atom. The van der Waals surface area contributed by atoms with Crippen LogP contribution in [0, 0.1) is 5.92 Å². The van der Waals surface area contributed by atoms with E-state index in [0.29, 0.717) is 38.3 Å². The molecule has 6 nitrogen and oxygen atoms in total. The van der Waals surface area contributed by atoms with Gasteiger partial charge in [-0.1, -0.05) is 41.9 Å². The summed E-state index contributed by atoms with van der Waals surface area (Å²) in [7, 11) is -3.67. The van der Waals surface area contributed by atoms with E-state index in [0.717, 1.165) is 5.56 Å². The normalized spacial score (nSPS) is 16.8. The number of benzene rings is 2. The van der Waals surface area contributed by atoms with Gasteiger partial charge in [-0.3, -0.25) is 4.79 Å². The number of hydrogen-bond donors (Lipinski definition) is 1. The summed E-state index contributed by atoms with van der Waals surface area (Å²) in [5.41, 5.74) is 1.04. The molecule has 1 atom stereocenters. The molecule has 1 aliphatic heterocycles. The summed E-state index contributed by atoms with van der Waals surface area (Å²) in [6.07, 6.45) is 0.967. The third-order valence-electron chi connectivity index (χ3n) is 5.32. The number of carbonyl (C=O) groups is 1. The van der Waals surface area contributed by atoms with Gasteiger partial charge in [0.1, 0.15) is 5.75 Å². The zero-order valence-corrected chi connectivity index (χ0v) is 18.7. The second-order valence-corrected chi connectivity index (χ2v) is 9.69. The lowest BCUT2D eigenvalue weighted by molar-refractivity contribution is -0.126. The Hall–Kier alpha value is -2.09. The van der Waals surface area contributed by atoms with E-state index in [1.165, 1.54) is 16.4 Å². The van der Waals surface area contributed by atoms with Crippen LogP contribution in [0.3, 0.4) is 0 Å². The molecule has 0 saturated carbocycles. The van der Waals surface area contributed by atoms with E-state index in [1.54, 1.807) is 6.07 Å². The SMILES string of the molecule is CCOc1ccc(S(=O)(=O)N2CCC(C(=O)N[C@H](C)c3ccccc3)CC2)cc1Cl. The summed E-state index contributed by atoms with van der Waals surface area (Å²) in [5.74, 6) is 0.222. The number of rotatable bonds is 7. The van der Waals surface area contributed by atoms with E-state index in [-0.39, 0.29) is 27.8 Å². The van der Waals surface area contributed by atoms with E-state index in [2.05, 4.69) is 5.32 Å². The maximum absolute atomic E-state index is 13.0. The van der Waals surface area contributed by atoms with Gasteiger partial charge in [0.2, 0.25) is 15.9 Å². The maximum atomic E-state index is 13.0. The highest BCUT2D eigenvalue weighted by molar-refractivity contribution is 7.89. The smallest absolute Gasteiger partial charge is 0.243 e. The summed E-state index contributed by atoms with van der Waals surface area (Å²) in [6.45, 7) is 4.82. The van der Waals surface area contributed by atoms with Crippen molar-refractivity contribution in [3.05, 3.63) is 59.1 Å². The largest absolute Gasteiger partial charge is 0.492 e. The molecule has 8 heteroatoms. The molecule has 1 heterocycles. The van der Waals surface area contributed by atoms with Crippen molar-refractivity contribution < 1.29 is 17.9 Å². The Labute approximate surface area is 183 Å². The molecular formula is C22H27ClN2O4S. The van der Waals surface area contributed by atoms with Crippen LogP contribution >= 0.6 is 11.6 Å². The topological polar surface area (TPSA) is 75.7 Å². The first-order valence-electron chi connectivity index (χ1n) is 10.1. The fourth-order valence-corrected chi connectivity index (χ4v) is 5.37. The first-order chi connectivity index (χ1) is 14.3. The van der Waals surface area contributed by atoms with Gasteiger partial charge in [-0.05, 0) is 50.5 Å². The highest BCUT2D eigenvalue weighted by atomic mass is 35.5. The van der Waals surface area contributed by atoms with Crippen molar-refractivity contribution in [2.24, 2.45) is 5.92 Å². The number of ether oxygens (including phenoxy) is 1. The van der Waals surface area contributed by atoms with Gasteiger partial charge in [0.25, 0.3) is 0 Å². The molecule has 0 radical (unpaired) electrons. The van der Waals surface area contributed by atoms with Gasteiger partial charge in [0.05, 0.1) is 22.6 Å². The molecule has 0 aromatic heterocycles. The van der Waals surface area contributed by atoms with E-state index >= 15 is 0 Å². The van der Waals surface area contributed by atoms with Crippen LogP contribution in [0.25, 0.3) is 0 Å². The van der Waals surface area contributed by atoms with Crippen LogP contribution in [0.2, 0.25) is 5.02 Å². The maximum Gasteiger partial charge on any atom is 0.243 e. The number of halogens is 1. The fourth-order valence-electron chi connectivity index (χ4n) is 3.58. The Morgan fingerprint density at radius 3 is 2.47 bits per heavy atom. The van der Waals surface area contributed by atoms with Gasteiger partial charge in [-0.2, -0.15) is 4.31 Å². The zero-order valence-electron chi connectivity index (χ0n) is 17.2. The second kappa shape index (κ2) is 9.81. The van der Waals surface area contributed by atoms with Crippen LogP contribution in [0.15, 0.2) is 53.4 Å². The van der Waals surface area contributed by atoms with E-state index < -0.39 is 10.0 Å². The summed E-state index contributed by atoms with van der Waals surface area (Å²) >= 11 is 6.16. The number of piperidine rings is 1. The summed E-state index contributed by atoms with van der Waals surface area (Å²) in [6, 6.07) is 14.2. The lowest BCUT2D eigenvalue weighted by atomic mass is 9.96. The minimum atomic E-state index is -3.67. The molecule has 1 saturated heterocycles. The predicted octanol–water partition coefficient (Wildman–Crippen LogP) is 4.02. The molecule has 1 amide bonds. The van der Waals surface area contributed by atoms with Crippen molar-refractivity contribution in [3.63, 3.8) is 0 Å². The molecule has 3 rings (SSSR count). The van der Waals surface area contributed by atoms with Crippen molar-refractivity contribution in [3.8, 4) is 5.75 Å². The number of amides is 1. The molecule has 1 aliphatic rings. The molecule has 0 unspecified atom stereocenters. The standard InChI is InChI=1S/C22H27ClN2O4S/c1-3-29-21-10-9-19(15-20(21)23)30(27,28)25-13-11-18(12-14-25)22(26)24-16(2)17-7-5-4-6-8-17/h4-10,15-16,18H,3,11-14H2,1-2H3,(H,24,26)/t16-/m1/s1. The van der Waals surface area contributed by atoms with Gasteiger partial charge in [-0.25, -0.2) is 8.42 Å². The van der Waals surface area contributed by atoms with Gasteiger partial charge >= 0.3 is 0 Å². The second-order valence-electron chi connectivity index (χ2n) is 7.34. The molecule has 2 aromatic carbocycles. The van der Waals surface area contributed by atoms with E-state index in [4.69, 9.17) is 16.3 Å². The lowest BCUT2D eigenvalue weighted by Crippen LogP contribution is -2.43. The average Bonchev–Trinajstić information content (AvgIpc) is 2.76. The van der Waals surface area contributed by atoms with Gasteiger partial charge in [0, 0.05) is 19.0 Å². The van der Waals surface area contributed by atoms with Crippen LogP contribution in [-0.4, -0.2) is 38.3 Å². The number of nitrogens with zero attached hydrogens (tertiary/aromatic N) is 1. The highest BCUT2D eigenvalue weighted by Crippen LogP contribution is 2.30. The van der Waals surface area contributed by atoms with Crippen LogP contribution < -0.4 is 10.1 Å². The van der Waals surface area contributed by atoms with Crippen molar-refractivity contribution in [1.29, 1.82) is 0 Å². The molecule has 30 heavy (non-hydrogen) atoms. The van der Waals surface area contributed by atoms with Crippen LogP contribution in [0.5, 0.6) is 5.75 Å². The zero-order chi connectivity index (χ0) is 21.7. The van der Waals surface area contributed by atoms with Crippen LogP contribution in [0.1, 0.15) is 38.3 Å². The Kier molecular flexibility index (Phi) is 7.39. The van der Waals surface area contributed by atoms with Gasteiger partial charge in [-0.15, -0.1) is 0 Å². The Bertz CT molecular complexity index is 974. The fraction of sp³-hybridized carbons (Fsp3) is 0.409. The minimum absolute atomic E-state index is 0.0347. The number of nitrogens with one attached hydrogen (secondary N) is 1. The molecule has 1 N–H and O–H groups in total. The summed E-state index contributed by atoms with van der Waals surface area (Å²) < 4.78 is 32.7. The molecule has 162 valence electrons. The Morgan fingerprint density at radius 1 is 1.20 bits per heavy atom. The highest BCUT2D eigenvalue weighted by Gasteiger charge is 2.32. The first kappa shape index (κ1) is 22.6. The van der Waals surface area contributed by atoms with Gasteiger partial charge in [0.15, 0.2) is 0 Å². The van der Waals surface area contributed by atoms with Gasteiger partial charge < -0.3 is 10.1 Å². The molecule has 0 bridgehead atoms. The molecule has 0 aliphatic carbocycles. The first-order valence-corrected chi connectivity index (χ1v) is 11.9. The number of hydrogen-bond acceptors (Lipinski definition) is 4. The molecule has 0 spiro atoms.